The molecule has 0 spiro atoms. The first-order valence-electron chi connectivity index (χ1n) is 6.87. The number of aliphatic carboxylic acids is 1. The molecule has 0 heterocycles. The summed E-state index contributed by atoms with van der Waals surface area (Å²) >= 11 is 0. The Morgan fingerprint density at radius 3 is 2.30 bits per heavy atom. The summed E-state index contributed by atoms with van der Waals surface area (Å²) < 4.78 is 0. The molecule has 0 aromatic rings. The summed E-state index contributed by atoms with van der Waals surface area (Å²) in [6.07, 6.45) is 2.56. The first-order chi connectivity index (χ1) is 9.41. The molecule has 1 saturated carbocycles. The summed E-state index contributed by atoms with van der Waals surface area (Å²) in [5.41, 5.74) is 0. The molecule has 114 valence electrons. The standard InChI is InChI=1S/C13H23N3O4/c1-16(2)13(20)15-7-6-14-11(17)9-4-3-5-10(8-9)12(18)19/h9-10H,3-8H2,1-2H3,(H,14,17)(H,15,20)(H,18,19). The number of nitrogens with zero attached hydrogens (tertiary/aromatic N) is 1. The Balaban J connectivity index is 2.25. The molecule has 2 atom stereocenters. The lowest BCUT2D eigenvalue weighted by molar-refractivity contribution is -0.144. The molecule has 0 aromatic heterocycles. The number of hydrogen-bond donors (Lipinski definition) is 3. The van der Waals surface area contributed by atoms with Gasteiger partial charge in [0.05, 0.1) is 5.92 Å². The van der Waals surface area contributed by atoms with Crippen molar-refractivity contribution < 1.29 is 19.5 Å². The maximum atomic E-state index is 11.9. The topological polar surface area (TPSA) is 98.7 Å². The Kier molecular flexibility index (Phi) is 6.27. The zero-order valence-corrected chi connectivity index (χ0v) is 12.0. The van der Waals surface area contributed by atoms with Gasteiger partial charge in [-0.1, -0.05) is 6.42 Å². The van der Waals surface area contributed by atoms with Gasteiger partial charge in [0.2, 0.25) is 5.91 Å². The van der Waals surface area contributed by atoms with Crippen molar-refractivity contribution in [2.75, 3.05) is 27.2 Å². The van der Waals surface area contributed by atoms with Gasteiger partial charge in [0.25, 0.3) is 0 Å². The molecular weight excluding hydrogens is 262 g/mol. The van der Waals surface area contributed by atoms with Gasteiger partial charge in [-0.15, -0.1) is 0 Å². The zero-order valence-electron chi connectivity index (χ0n) is 12.0. The van der Waals surface area contributed by atoms with Crippen molar-refractivity contribution in [1.29, 1.82) is 0 Å². The van der Waals surface area contributed by atoms with Gasteiger partial charge in [0.1, 0.15) is 0 Å². The number of urea groups is 1. The highest BCUT2D eigenvalue weighted by Crippen LogP contribution is 2.29. The minimum absolute atomic E-state index is 0.116. The summed E-state index contributed by atoms with van der Waals surface area (Å²) in [6, 6.07) is -0.206. The van der Waals surface area contributed by atoms with Crippen LogP contribution in [0.15, 0.2) is 0 Å². The van der Waals surface area contributed by atoms with Gasteiger partial charge < -0.3 is 20.6 Å². The second-order valence-corrected chi connectivity index (χ2v) is 5.32. The zero-order chi connectivity index (χ0) is 15.1. The first kappa shape index (κ1) is 16.3. The molecule has 7 heteroatoms. The normalized spacial score (nSPS) is 21.9. The fourth-order valence-corrected chi connectivity index (χ4v) is 2.31. The van der Waals surface area contributed by atoms with Gasteiger partial charge in [-0.05, 0) is 19.3 Å². The van der Waals surface area contributed by atoms with Crippen LogP contribution in [0.5, 0.6) is 0 Å². The third kappa shape index (κ3) is 5.07. The molecule has 3 amide bonds. The van der Waals surface area contributed by atoms with Crippen molar-refractivity contribution in [3.8, 4) is 0 Å². The fourth-order valence-electron chi connectivity index (χ4n) is 2.31. The molecule has 20 heavy (non-hydrogen) atoms. The van der Waals surface area contributed by atoms with Crippen molar-refractivity contribution in [2.45, 2.75) is 25.7 Å². The number of carboxylic acids is 1. The molecule has 0 bridgehead atoms. The largest absolute Gasteiger partial charge is 0.481 e. The number of carbonyl (C=O) groups is 3. The molecule has 0 aromatic carbocycles. The summed E-state index contributed by atoms with van der Waals surface area (Å²) in [6.45, 7) is 0.713. The quantitative estimate of drug-likeness (QED) is 0.631. The molecule has 1 fully saturated rings. The minimum atomic E-state index is -0.819. The highest BCUT2D eigenvalue weighted by molar-refractivity contribution is 5.80. The van der Waals surface area contributed by atoms with E-state index in [9.17, 15) is 14.4 Å². The van der Waals surface area contributed by atoms with E-state index in [4.69, 9.17) is 5.11 Å². The van der Waals surface area contributed by atoms with Gasteiger partial charge in [0.15, 0.2) is 0 Å². The molecular formula is C13H23N3O4. The number of nitrogens with one attached hydrogen (secondary N) is 2. The number of rotatable bonds is 5. The highest BCUT2D eigenvalue weighted by atomic mass is 16.4. The predicted molar refractivity (Wildman–Crippen MR) is 73.2 cm³/mol. The summed E-state index contributed by atoms with van der Waals surface area (Å²) in [7, 11) is 3.28. The van der Waals surface area contributed by atoms with E-state index < -0.39 is 11.9 Å². The van der Waals surface area contributed by atoms with E-state index in [1.54, 1.807) is 14.1 Å². The maximum absolute atomic E-state index is 11.9. The second kappa shape index (κ2) is 7.72. The molecule has 0 saturated heterocycles. The van der Waals surface area contributed by atoms with Crippen molar-refractivity contribution in [3.63, 3.8) is 0 Å². The van der Waals surface area contributed by atoms with Crippen LogP contribution in [-0.2, 0) is 9.59 Å². The monoisotopic (exact) mass is 285 g/mol. The molecule has 7 nitrogen and oxygen atoms in total. The number of carbonyl (C=O) groups excluding carboxylic acids is 2. The van der Waals surface area contributed by atoms with Gasteiger partial charge in [-0.25, -0.2) is 4.79 Å². The van der Waals surface area contributed by atoms with Gasteiger partial charge in [-0.2, -0.15) is 0 Å². The Morgan fingerprint density at radius 1 is 1.10 bits per heavy atom. The number of amides is 3. The summed E-state index contributed by atoms with van der Waals surface area (Å²) in [5, 5.41) is 14.4. The van der Waals surface area contributed by atoms with E-state index in [0.29, 0.717) is 25.9 Å². The van der Waals surface area contributed by atoms with E-state index in [1.165, 1.54) is 4.90 Å². The van der Waals surface area contributed by atoms with E-state index in [0.717, 1.165) is 12.8 Å². The smallest absolute Gasteiger partial charge is 0.316 e. The van der Waals surface area contributed by atoms with Gasteiger partial charge >= 0.3 is 12.0 Å². The van der Waals surface area contributed by atoms with Crippen LogP contribution in [-0.4, -0.2) is 55.1 Å². The van der Waals surface area contributed by atoms with Crippen molar-refractivity contribution >= 4 is 17.9 Å². The van der Waals surface area contributed by atoms with E-state index in [2.05, 4.69) is 10.6 Å². The molecule has 1 rings (SSSR count). The third-order valence-corrected chi connectivity index (χ3v) is 3.50. The Bertz CT molecular complexity index is 371. The van der Waals surface area contributed by atoms with Crippen LogP contribution in [0.2, 0.25) is 0 Å². The average molecular weight is 285 g/mol. The Labute approximate surface area is 118 Å². The number of carboxylic acid groups (broad SMARTS) is 1. The van der Waals surface area contributed by atoms with Gasteiger partial charge in [-0.3, -0.25) is 9.59 Å². The molecule has 0 aliphatic heterocycles. The van der Waals surface area contributed by atoms with Crippen LogP contribution in [0.4, 0.5) is 4.79 Å². The van der Waals surface area contributed by atoms with Crippen LogP contribution in [0, 0.1) is 11.8 Å². The van der Waals surface area contributed by atoms with Crippen molar-refractivity contribution in [2.24, 2.45) is 11.8 Å². The average Bonchev–Trinajstić information content (AvgIpc) is 2.43. The lowest BCUT2D eigenvalue weighted by Crippen LogP contribution is -2.42. The third-order valence-electron chi connectivity index (χ3n) is 3.50. The lowest BCUT2D eigenvalue weighted by Gasteiger charge is -2.25. The molecule has 2 unspecified atom stereocenters. The van der Waals surface area contributed by atoms with Crippen LogP contribution in [0.1, 0.15) is 25.7 Å². The van der Waals surface area contributed by atoms with Crippen LogP contribution >= 0.6 is 0 Å². The second-order valence-electron chi connectivity index (χ2n) is 5.32. The van der Waals surface area contributed by atoms with E-state index in [-0.39, 0.29) is 17.9 Å². The first-order valence-corrected chi connectivity index (χ1v) is 6.87. The van der Waals surface area contributed by atoms with Crippen LogP contribution in [0.3, 0.4) is 0 Å². The number of hydrogen-bond acceptors (Lipinski definition) is 3. The van der Waals surface area contributed by atoms with Crippen LogP contribution in [0.25, 0.3) is 0 Å². The predicted octanol–water partition coefficient (Wildman–Crippen LogP) is 0.265. The highest BCUT2D eigenvalue weighted by Gasteiger charge is 2.30. The fraction of sp³-hybridized carbons (Fsp3) is 0.769. The molecule has 3 N–H and O–H groups in total. The molecule has 0 radical (unpaired) electrons. The molecule has 1 aliphatic rings. The van der Waals surface area contributed by atoms with E-state index >= 15 is 0 Å². The Hall–Kier alpha value is -1.79. The summed E-state index contributed by atoms with van der Waals surface area (Å²) in [4.78, 5) is 35.5. The van der Waals surface area contributed by atoms with E-state index in [1.807, 2.05) is 0 Å². The summed E-state index contributed by atoms with van der Waals surface area (Å²) in [5.74, 6) is -1.57. The maximum Gasteiger partial charge on any atom is 0.316 e. The van der Waals surface area contributed by atoms with Crippen molar-refractivity contribution in [1.82, 2.24) is 15.5 Å². The Morgan fingerprint density at radius 2 is 1.70 bits per heavy atom. The lowest BCUT2D eigenvalue weighted by atomic mass is 9.81. The minimum Gasteiger partial charge on any atom is -0.481 e. The molecule has 1 aliphatic carbocycles. The van der Waals surface area contributed by atoms with Crippen LogP contribution < -0.4 is 10.6 Å². The van der Waals surface area contributed by atoms with Crippen molar-refractivity contribution in [3.05, 3.63) is 0 Å². The SMILES string of the molecule is CN(C)C(=O)NCCNC(=O)C1CCCC(C(=O)O)C1. The van der Waals surface area contributed by atoms with Gasteiger partial charge in [0, 0.05) is 33.1 Å².